The molecule has 108 valence electrons. The van der Waals surface area contributed by atoms with E-state index >= 15 is 0 Å². The van der Waals surface area contributed by atoms with E-state index in [-0.39, 0.29) is 5.82 Å². The van der Waals surface area contributed by atoms with Crippen LogP contribution in [0.2, 0.25) is 0 Å². The molecule has 2 aromatic carbocycles. The monoisotopic (exact) mass is 299 g/mol. The molecule has 1 aliphatic heterocycles. The number of hydrogen-bond donors (Lipinski definition) is 1. The number of benzene rings is 2. The Hall–Kier alpha value is -1.58. The van der Waals surface area contributed by atoms with Gasteiger partial charge in [-0.05, 0) is 54.8 Å². The van der Waals surface area contributed by atoms with Crippen molar-refractivity contribution in [1.82, 2.24) is 5.32 Å². The minimum Gasteiger partial charge on any atom is -0.313 e. The summed E-state index contributed by atoms with van der Waals surface area (Å²) in [6.07, 6.45) is 3.25. The summed E-state index contributed by atoms with van der Waals surface area (Å²) in [5.41, 5.74) is 3.53. The Morgan fingerprint density at radius 1 is 1.10 bits per heavy atom. The summed E-state index contributed by atoms with van der Waals surface area (Å²) in [7, 11) is 0. The molecule has 21 heavy (non-hydrogen) atoms. The van der Waals surface area contributed by atoms with Gasteiger partial charge in [-0.2, -0.15) is 0 Å². The van der Waals surface area contributed by atoms with Crippen molar-refractivity contribution in [1.29, 1.82) is 0 Å². The molecule has 1 nitrogen and oxygen atoms in total. The van der Waals surface area contributed by atoms with Gasteiger partial charge in [0.1, 0.15) is 5.82 Å². The normalized spacial score (nSPS) is 14.9. The second-order valence-electron chi connectivity index (χ2n) is 5.22. The number of halogens is 1. The first-order valence-electron chi connectivity index (χ1n) is 7.17. The van der Waals surface area contributed by atoms with Crippen molar-refractivity contribution in [2.75, 3.05) is 13.1 Å². The van der Waals surface area contributed by atoms with Crippen LogP contribution in [0.25, 0.3) is 5.57 Å². The van der Waals surface area contributed by atoms with Crippen molar-refractivity contribution >= 4 is 17.3 Å². The van der Waals surface area contributed by atoms with E-state index in [0.29, 0.717) is 4.90 Å². The van der Waals surface area contributed by atoms with Crippen molar-refractivity contribution in [3.8, 4) is 0 Å². The van der Waals surface area contributed by atoms with Gasteiger partial charge in [-0.15, -0.1) is 0 Å². The molecule has 0 saturated heterocycles. The van der Waals surface area contributed by atoms with E-state index in [1.807, 2.05) is 31.2 Å². The minimum atomic E-state index is -0.144. The Bertz CT molecular complexity index is 679. The Labute approximate surface area is 129 Å². The third-order valence-electron chi connectivity index (χ3n) is 3.60. The van der Waals surface area contributed by atoms with Crippen molar-refractivity contribution in [3.63, 3.8) is 0 Å². The van der Waals surface area contributed by atoms with Crippen LogP contribution in [0.3, 0.4) is 0 Å². The fraction of sp³-hybridized carbons (Fsp3) is 0.222. The Morgan fingerprint density at radius 3 is 2.71 bits per heavy atom. The van der Waals surface area contributed by atoms with Gasteiger partial charge in [-0.3, -0.25) is 0 Å². The zero-order valence-electron chi connectivity index (χ0n) is 12.0. The van der Waals surface area contributed by atoms with Crippen molar-refractivity contribution in [2.45, 2.75) is 23.1 Å². The number of nitrogens with one attached hydrogen (secondary N) is 1. The van der Waals surface area contributed by atoms with E-state index in [2.05, 4.69) is 23.5 Å². The molecular formula is C18H18FNS. The van der Waals surface area contributed by atoms with Gasteiger partial charge < -0.3 is 5.32 Å². The maximum atomic E-state index is 14.1. The van der Waals surface area contributed by atoms with E-state index in [1.165, 1.54) is 22.9 Å². The fourth-order valence-electron chi connectivity index (χ4n) is 2.50. The summed E-state index contributed by atoms with van der Waals surface area (Å²) in [5.74, 6) is -0.144. The highest BCUT2D eigenvalue weighted by molar-refractivity contribution is 7.99. The molecule has 0 unspecified atom stereocenters. The summed E-state index contributed by atoms with van der Waals surface area (Å²) in [4.78, 5) is 1.80. The summed E-state index contributed by atoms with van der Waals surface area (Å²) in [6.45, 7) is 3.82. The molecule has 1 N–H and O–H groups in total. The van der Waals surface area contributed by atoms with Gasteiger partial charge in [0.05, 0.1) is 0 Å². The maximum Gasteiger partial charge on any atom is 0.137 e. The predicted molar refractivity (Wildman–Crippen MR) is 87.2 cm³/mol. The average molecular weight is 299 g/mol. The number of rotatable bonds is 3. The van der Waals surface area contributed by atoms with Crippen LogP contribution in [0.15, 0.2) is 58.3 Å². The third-order valence-corrected chi connectivity index (χ3v) is 4.73. The topological polar surface area (TPSA) is 12.0 Å². The summed E-state index contributed by atoms with van der Waals surface area (Å²) >= 11 is 1.51. The van der Waals surface area contributed by atoms with Crippen molar-refractivity contribution in [2.24, 2.45) is 0 Å². The lowest BCUT2D eigenvalue weighted by Crippen LogP contribution is -2.20. The van der Waals surface area contributed by atoms with Gasteiger partial charge in [0.25, 0.3) is 0 Å². The van der Waals surface area contributed by atoms with Crippen LogP contribution in [0.1, 0.15) is 17.5 Å². The van der Waals surface area contributed by atoms with E-state index in [4.69, 9.17) is 0 Å². The van der Waals surface area contributed by atoms with E-state index in [0.717, 1.165) is 30.0 Å². The highest BCUT2D eigenvalue weighted by Gasteiger charge is 2.12. The Balaban J connectivity index is 1.93. The molecule has 0 atom stereocenters. The first kappa shape index (κ1) is 14.4. The molecule has 3 heteroatoms. The molecular weight excluding hydrogens is 281 g/mol. The smallest absolute Gasteiger partial charge is 0.137 e. The van der Waals surface area contributed by atoms with Crippen molar-refractivity contribution in [3.05, 3.63) is 65.5 Å². The zero-order chi connectivity index (χ0) is 14.7. The van der Waals surface area contributed by atoms with Crippen LogP contribution in [0.5, 0.6) is 0 Å². The van der Waals surface area contributed by atoms with Crippen LogP contribution >= 0.6 is 11.8 Å². The van der Waals surface area contributed by atoms with Crippen LogP contribution < -0.4 is 5.32 Å². The number of aryl methyl sites for hydroxylation is 1. The summed E-state index contributed by atoms with van der Waals surface area (Å²) < 4.78 is 14.1. The molecule has 0 aliphatic carbocycles. The highest BCUT2D eigenvalue weighted by atomic mass is 32.2. The highest BCUT2D eigenvalue weighted by Crippen LogP contribution is 2.36. The van der Waals surface area contributed by atoms with Gasteiger partial charge in [0.15, 0.2) is 0 Å². The quantitative estimate of drug-likeness (QED) is 0.884. The second-order valence-corrected chi connectivity index (χ2v) is 6.30. The van der Waals surface area contributed by atoms with Gasteiger partial charge in [-0.1, -0.05) is 42.1 Å². The SMILES string of the molecule is Cc1ccc(Sc2ccccc2C2=CCNCC2)c(F)c1. The fourth-order valence-corrected chi connectivity index (χ4v) is 3.48. The lowest BCUT2D eigenvalue weighted by molar-refractivity contribution is 0.600. The third kappa shape index (κ3) is 3.36. The molecule has 1 heterocycles. The van der Waals surface area contributed by atoms with E-state index < -0.39 is 0 Å². The second kappa shape index (κ2) is 6.46. The van der Waals surface area contributed by atoms with E-state index in [1.54, 1.807) is 6.07 Å². The van der Waals surface area contributed by atoms with Gasteiger partial charge in [0.2, 0.25) is 0 Å². The van der Waals surface area contributed by atoms with Gasteiger partial charge in [0, 0.05) is 16.3 Å². The first-order valence-corrected chi connectivity index (χ1v) is 7.99. The predicted octanol–water partition coefficient (Wildman–Crippen LogP) is 4.66. The largest absolute Gasteiger partial charge is 0.313 e. The molecule has 0 spiro atoms. The zero-order valence-corrected chi connectivity index (χ0v) is 12.8. The molecule has 0 saturated carbocycles. The molecule has 0 aromatic heterocycles. The van der Waals surface area contributed by atoms with Crippen LogP contribution in [0.4, 0.5) is 4.39 Å². The lowest BCUT2D eigenvalue weighted by Gasteiger charge is -2.17. The molecule has 0 bridgehead atoms. The summed E-state index contributed by atoms with van der Waals surface area (Å²) in [5, 5.41) is 3.33. The Kier molecular flexibility index (Phi) is 4.42. The van der Waals surface area contributed by atoms with E-state index in [9.17, 15) is 4.39 Å². The molecule has 0 radical (unpaired) electrons. The lowest BCUT2D eigenvalue weighted by atomic mass is 10.0. The van der Waals surface area contributed by atoms with Crippen LogP contribution in [-0.4, -0.2) is 13.1 Å². The van der Waals surface area contributed by atoms with Crippen molar-refractivity contribution < 1.29 is 4.39 Å². The average Bonchev–Trinajstić information content (AvgIpc) is 2.51. The van der Waals surface area contributed by atoms with Gasteiger partial charge in [-0.25, -0.2) is 4.39 Å². The first-order chi connectivity index (χ1) is 10.2. The van der Waals surface area contributed by atoms with Crippen LogP contribution in [-0.2, 0) is 0 Å². The molecule has 0 fully saturated rings. The maximum absolute atomic E-state index is 14.1. The molecule has 0 amide bonds. The van der Waals surface area contributed by atoms with Crippen LogP contribution in [0, 0.1) is 12.7 Å². The molecule has 3 rings (SSSR count). The minimum absolute atomic E-state index is 0.144. The Morgan fingerprint density at radius 2 is 1.95 bits per heavy atom. The number of hydrogen-bond acceptors (Lipinski definition) is 2. The molecule has 2 aromatic rings. The summed E-state index contributed by atoms with van der Waals surface area (Å²) in [6, 6.07) is 13.7. The van der Waals surface area contributed by atoms with Gasteiger partial charge >= 0.3 is 0 Å². The molecule has 1 aliphatic rings. The standard InChI is InChI=1S/C18H18FNS/c1-13-6-7-18(16(19)12-13)21-17-5-3-2-4-15(17)14-8-10-20-11-9-14/h2-8,12,20H,9-11H2,1H3.